The first kappa shape index (κ1) is 13.0. The highest BCUT2D eigenvalue weighted by atomic mass is 31.1. The maximum Gasteiger partial charge on any atom is 0.345 e. The van der Waals surface area contributed by atoms with Crippen molar-refractivity contribution in [3.63, 3.8) is 0 Å². The number of carbonyl (C=O) groups is 2. The topological polar surface area (TPSA) is 112 Å². The minimum Gasteiger partial charge on any atom is -0.480 e. The van der Waals surface area contributed by atoms with E-state index in [1.807, 2.05) is 0 Å². The van der Waals surface area contributed by atoms with Gasteiger partial charge in [0.2, 0.25) is 0 Å². The summed E-state index contributed by atoms with van der Waals surface area (Å²) in [6.07, 6.45) is -0.0758. The van der Waals surface area contributed by atoms with Gasteiger partial charge in [0.15, 0.2) is 17.7 Å². The first-order valence-corrected chi connectivity index (χ1v) is 5.43. The number of hydrogen-bond donors (Lipinski definition) is 3. The van der Waals surface area contributed by atoms with Gasteiger partial charge in [-0.15, -0.1) is 0 Å². The van der Waals surface area contributed by atoms with Crippen LogP contribution in [-0.2, 0) is 14.2 Å². The molecule has 80 valence electrons. The lowest BCUT2D eigenvalue weighted by Gasteiger charge is -2.06. The first-order valence-electron chi connectivity index (χ1n) is 3.92. The van der Waals surface area contributed by atoms with Crippen molar-refractivity contribution in [2.75, 3.05) is 12.8 Å². The number of carboxylic acid groups (broad SMARTS) is 2. The summed E-state index contributed by atoms with van der Waals surface area (Å²) in [5, 5.41) is 25.6. The Hall–Kier alpha value is -1.00. The highest BCUT2D eigenvalue weighted by Crippen LogP contribution is 2.32. The summed E-state index contributed by atoms with van der Waals surface area (Å²) in [4.78, 5) is 21.0. The Balaban J connectivity index is 4.59. The van der Waals surface area contributed by atoms with Gasteiger partial charge < -0.3 is 15.3 Å². The quantitative estimate of drug-likeness (QED) is 0.431. The van der Waals surface area contributed by atoms with Crippen molar-refractivity contribution in [3.8, 4) is 0 Å². The summed E-state index contributed by atoms with van der Waals surface area (Å²) in [6, 6.07) is 0. The molecule has 0 radical (unpaired) electrons. The number of carboxylic acids is 2. The molecule has 0 spiro atoms. The molecule has 3 N–H and O–H groups in total. The minimum atomic E-state index is -2.01. The summed E-state index contributed by atoms with van der Waals surface area (Å²) < 4.78 is 11.3. The fourth-order valence-electron chi connectivity index (χ4n) is 0.987. The third-order valence-electron chi connectivity index (χ3n) is 1.79. The lowest BCUT2D eigenvalue weighted by Crippen LogP contribution is -2.31. The Morgan fingerprint density at radius 2 is 1.71 bits per heavy atom. The summed E-state index contributed by atoms with van der Waals surface area (Å²) in [5.74, 6) is -4.69. The van der Waals surface area contributed by atoms with Gasteiger partial charge in [0.1, 0.15) is 0 Å². The van der Waals surface area contributed by atoms with Crippen LogP contribution in [-0.4, -0.2) is 45.7 Å². The lowest BCUT2D eigenvalue weighted by atomic mass is 10.1. The SMILES string of the molecule is CC(C(C(=O)O)C(=O)O)[P+](=O)CCO. The average molecular weight is 223 g/mol. The summed E-state index contributed by atoms with van der Waals surface area (Å²) >= 11 is 0. The van der Waals surface area contributed by atoms with Crippen molar-refractivity contribution in [2.24, 2.45) is 5.92 Å². The van der Waals surface area contributed by atoms with Crippen LogP contribution in [0.4, 0.5) is 0 Å². The van der Waals surface area contributed by atoms with E-state index in [9.17, 15) is 14.2 Å². The standard InChI is InChI=1S/C7H11O6P/c1-4(14(13)3-2-8)5(6(9)10)7(11)12/h4-5,8H,2-3H2,1H3,(H-,9,10,11,12)/p+1. The van der Waals surface area contributed by atoms with E-state index < -0.39 is 31.3 Å². The molecule has 7 heteroatoms. The number of hydrogen-bond acceptors (Lipinski definition) is 4. The van der Waals surface area contributed by atoms with Gasteiger partial charge in [-0.2, -0.15) is 0 Å². The average Bonchev–Trinajstić information content (AvgIpc) is 2.03. The van der Waals surface area contributed by atoms with Crippen LogP contribution < -0.4 is 0 Å². The molecule has 0 bridgehead atoms. The van der Waals surface area contributed by atoms with Crippen molar-refractivity contribution >= 4 is 19.7 Å². The third-order valence-corrected chi connectivity index (χ3v) is 3.64. The van der Waals surface area contributed by atoms with Gasteiger partial charge in [0.05, 0.1) is 6.61 Å². The van der Waals surface area contributed by atoms with Gasteiger partial charge in [-0.05, 0) is 6.92 Å². The number of aliphatic hydroxyl groups is 1. The summed E-state index contributed by atoms with van der Waals surface area (Å²) in [5.41, 5.74) is -0.979. The Labute approximate surface area is 81.3 Å². The molecule has 14 heavy (non-hydrogen) atoms. The highest BCUT2D eigenvalue weighted by Gasteiger charge is 2.43. The number of rotatable bonds is 6. The van der Waals surface area contributed by atoms with Crippen molar-refractivity contribution in [1.29, 1.82) is 0 Å². The van der Waals surface area contributed by atoms with E-state index in [0.717, 1.165) is 0 Å². The molecule has 0 saturated heterocycles. The maximum atomic E-state index is 11.3. The number of aliphatic hydroxyl groups excluding tert-OH is 1. The van der Waals surface area contributed by atoms with Crippen LogP contribution in [0.3, 0.4) is 0 Å². The predicted octanol–water partition coefficient (Wildman–Crippen LogP) is -0.0200. The second kappa shape index (κ2) is 5.67. The Bertz CT molecular complexity index is 237. The molecule has 0 rings (SSSR count). The Morgan fingerprint density at radius 3 is 2.00 bits per heavy atom. The second-order valence-electron chi connectivity index (χ2n) is 2.76. The molecule has 0 amide bonds. The predicted molar refractivity (Wildman–Crippen MR) is 47.8 cm³/mol. The zero-order chi connectivity index (χ0) is 11.3. The number of aliphatic carboxylic acids is 2. The molecule has 0 aromatic heterocycles. The smallest absolute Gasteiger partial charge is 0.345 e. The largest absolute Gasteiger partial charge is 0.480 e. The fraction of sp³-hybridized carbons (Fsp3) is 0.714. The van der Waals surface area contributed by atoms with Crippen LogP contribution in [0, 0.1) is 5.92 Å². The van der Waals surface area contributed by atoms with E-state index >= 15 is 0 Å². The van der Waals surface area contributed by atoms with E-state index in [1.165, 1.54) is 6.92 Å². The zero-order valence-corrected chi connectivity index (χ0v) is 8.48. The van der Waals surface area contributed by atoms with Crippen LogP contribution in [0.2, 0.25) is 0 Å². The van der Waals surface area contributed by atoms with E-state index in [2.05, 4.69) is 0 Å². The van der Waals surface area contributed by atoms with Crippen LogP contribution in [0.1, 0.15) is 6.92 Å². The van der Waals surface area contributed by atoms with Gasteiger partial charge in [-0.25, -0.2) is 0 Å². The molecule has 0 aliphatic carbocycles. The summed E-state index contributed by atoms with van der Waals surface area (Å²) in [6.45, 7) is 0.951. The molecule has 0 aromatic carbocycles. The van der Waals surface area contributed by atoms with Gasteiger partial charge in [-0.3, -0.25) is 9.59 Å². The Kier molecular flexibility index (Phi) is 5.27. The maximum absolute atomic E-state index is 11.3. The van der Waals surface area contributed by atoms with Gasteiger partial charge >= 0.3 is 19.7 Å². The summed E-state index contributed by atoms with van der Waals surface area (Å²) in [7, 11) is -2.01. The van der Waals surface area contributed by atoms with E-state index in [4.69, 9.17) is 15.3 Å². The van der Waals surface area contributed by atoms with Gasteiger partial charge in [-0.1, -0.05) is 4.57 Å². The normalized spacial score (nSPS) is 13.8. The van der Waals surface area contributed by atoms with Gasteiger partial charge in [0.25, 0.3) is 0 Å². The second-order valence-corrected chi connectivity index (χ2v) is 4.85. The van der Waals surface area contributed by atoms with Crippen molar-refractivity contribution < 1.29 is 29.5 Å². The molecule has 0 heterocycles. The van der Waals surface area contributed by atoms with Crippen LogP contribution in [0.25, 0.3) is 0 Å². The van der Waals surface area contributed by atoms with Crippen LogP contribution in [0.15, 0.2) is 0 Å². The lowest BCUT2D eigenvalue weighted by molar-refractivity contribution is -0.154. The molecular formula is C7H12O6P+. The zero-order valence-electron chi connectivity index (χ0n) is 7.58. The Morgan fingerprint density at radius 1 is 1.29 bits per heavy atom. The fourth-order valence-corrected chi connectivity index (χ4v) is 2.18. The molecule has 0 aromatic rings. The van der Waals surface area contributed by atoms with Gasteiger partial charge in [0, 0.05) is 0 Å². The van der Waals surface area contributed by atoms with Crippen LogP contribution in [0.5, 0.6) is 0 Å². The molecule has 2 unspecified atom stereocenters. The molecule has 0 aliphatic heterocycles. The van der Waals surface area contributed by atoms with Crippen molar-refractivity contribution in [2.45, 2.75) is 12.6 Å². The van der Waals surface area contributed by atoms with Crippen LogP contribution >= 0.6 is 7.80 Å². The van der Waals surface area contributed by atoms with E-state index in [1.54, 1.807) is 0 Å². The highest BCUT2D eigenvalue weighted by molar-refractivity contribution is 7.45. The minimum absolute atomic E-state index is 0.0758. The molecule has 0 fully saturated rings. The van der Waals surface area contributed by atoms with E-state index in [-0.39, 0.29) is 12.8 Å². The molecular weight excluding hydrogens is 211 g/mol. The first-order chi connectivity index (χ1) is 6.41. The molecule has 0 aliphatic rings. The molecule has 0 saturated carbocycles. The molecule has 6 nitrogen and oxygen atoms in total. The van der Waals surface area contributed by atoms with Crippen molar-refractivity contribution in [1.82, 2.24) is 0 Å². The van der Waals surface area contributed by atoms with Crippen molar-refractivity contribution in [3.05, 3.63) is 0 Å². The monoisotopic (exact) mass is 223 g/mol. The molecule has 2 atom stereocenters. The third kappa shape index (κ3) is 3.40. The van der Waals surface area contributed by atoms with E-state index in [0.29, 0.717) is 0 Å².